The minimum Gasteiger partial charge on any atom is -0.0594 e. The van der Waals surface area contributed by atoms with Crippen molar-refractivity contribution in [3.05, 3.63) is 5.92 Å². The summed E-state index contributed by atoms with van der Waals surface area (Å²) in [5.74, 6) is 1.69. The van der Waals surface area contributed by atoms with Crippen molar-refractivity contribution in [3.63, 3.8) is 0 Å². The predicted octanol–water partition coefficient (Wildman–Crippen LogP) is 3.82. The average Bonchev–Trinajstić information content (AvgIpc) is 1.84. The molecule has 1 rings (SSSR count). The number of hydrogen-bond acceptors (Lipinski definition) is 0. The van der Waals surface area contributed by atoms with E-state index in [1.165, 1.54) is 19.3 Å². The van der Waals surface area contributed by atoms with Gasteiger partial charge in [0.25, 0.3) is 0 Å². The quantitative estimate of drug-likeness (QED) is 0.496. The van der Waals surface area contributed by atoms with E-state index in [4.69, 9.17) is 0 Å². The Balaban J connectivity index is 2.82. The van der Waals surface area contributed by atoms with Gasteiger partial charge in [-0.25, -0.2) is 0 Å². The van der Waals surface area contributed by atoms with Gasteiger partial charge < -0.3 is 0 Å². The minimum absolute atomic E-state index is 0.450. The first-order chi connectivity index (χ1) is 4.88. The molecule has 1 radical (unpaired) electrons. The molecule has 1 fully saturated rings. The van der Waals surface area contributed by atoms with Gasteiger partial charge in [0.15, 0.2) is 0 Å². The van der Waals surface area contributed by atoms with Gasteiger partial charge in [0.2, 0.25) is 0 Å². The van der Waals surface area contributed by atoms with Gasteiger partial charge in [-0.1, -0.05) is 41.0 Å². The largest absolute Gasteiger partial charge is 0.0594 e. The Morgan fingerprint density at radius 1 is 1.09 bits per heavy atom. The van der Waals surface area contributed by atoms with Crippen molar-refractivity contribution in [1.82, 2.24) is 0 Å². The first-order valence-corrected chi connectivity index (χ1v) is 4.71. The maximum absolute atomic E-state index is 2.40. The summed E-state index contributed by atoms with van der Waals surface area (Å²) in [6.07, 6.45) is 4.12. The second-order valence-electron chi connectivity index (χ2n) is 5.14. The maximum Gasteiger partial charge on any atom is -0.0210 e. The van der Waals surface area contributed by atoms with Crippen LogP contribution in [0.3, 0.4) is 0 Å². The molecule has 0 atom stereocenters. The summed E-state index contributed by atoms with van der Waals surface area (Å²) in [7, 11) is 0. The Morgan fingerprint density at radius 3 is 2.00 bits per heavy atom. The Kier molecular flexibility index (Phi) is 2.07. The van der Waals surface area contributed by atoms with Crippen LogP contribution in [0.15, 0.2) is 0 Å². The van der Waals surface area contributed by atoms with Crippen molar-refractivity contribution in [1.29, 1.82) is 0 Å². The van der Waals surface area contributed by atoms with E-state index in [1.807, 2.05) is 0 Å². The fourth-order valence-corrected chi connectivity index (χ4v) is 2.00. The maximum atomic E-state index is 2.40. The van der Waals surface area contributed by atoms with E-state index in [2.05, 4.69) is 34.6 Å². The molecule has 0 bridgehead atoms. The zero-order chi connectivity index (χ0) is 8.70. The lowest BCUT2D eigenvalue weighted by molar-refractivity contribution is 0.0774. The molecule has 0 aromatic rings. The van der Waals surface area contributed by atoms with E-state index in [1.54, 1.807) is 5.92 Å². The molecule has 0 heteroatoms. The van der Waals surface area contributed by atoms with Crippen molar-refractivity contribution < 1.29 is 0 Å². The van der Waals surface area contributed by atoms with Crippen LogP contribution in [0.5, 0.6) is 0 Å². The molecule has 0 saturated heterocycles. The molecule has 1 saturated carbocycles. The summed E-state index contributed by atoms with van der Waals surface area (Å²) in [6.45, 7) is 11.9. The molecular formula is C11H21. The van der Waals surface area contributed by atoms with Gasteiger partial charge in [0.05, 0.1) is 0 Å². The third kappa shape index (κ3) is 1.32. The Hall–Kier alpha value is 0. The Morgan fingerprint density at radius 2 is 1.64 bits per heavy atom. The summed E-state index contributed by atoms with van der Waals surface area (Å²) in [4.78, 5) is 0. The third-order valence-corrected chi connectivity index (χ3v) is 4.11. The first-order valence-electron chi connectivity index (χ1n) is 4.71. The van der Waals surface area contributed by atoms with Crippen molar-refractivity contribution in [2.45, 2.75) is 53.9 Å². The topological polar surface area (TPSA) is 0 Å². The van der Waals surface area contributed by atoms with Gasteiger partial charge >= 0.3 is 0 Å². The minimum atomic E-state index is 0.450. The van der Waals surface area contributed by atoms with Gasteiger partial charge in [-0.15, -0.1) is 0 Å². The van der Waals surface area contributed by atoms with E-state index >= 15 is 0 Å². The molecule has 0 aliphatic heterocycles. The monoisotopic (exact) mass is 153 g/mol. The second-order valence-corrected chi connectivity index (χ2v) is 5.14. The molecule has 1 aliphatic carbocycles. The van der Waals surface area contributed by atoms with Gasteiger partial charge in [0, 0.05) is 0 Å². The fourth-order valence-electron chi connectivity index (χ4n) is 2.00. The zero-order valence-corrected chi connectivity index (χ0v) is 8.62. The lowest BCUT2D eigenvalue weighted by atomic mass is 9.55. The molecule has 11 heavy (non-hydrogen) atoms. The Bertz CT molecular complexity index is 142. The third-order valence-electron chi connectivity index (χ3n) is 4.11. The molecule has 0 spiro atoms. The highest BCUT2D eigenvalue weighted by molar-refractivity contribution is 5.09. The highest BCUT2D eigenvalue weighted by atomic mass is 14.5. The second kappa shape index (κ2) is 2.50. The van der Waals surface area contributed by atoms with Gasteiger partial charge in [-0.05, 0) is 29.6 Å². The summed E-state index contributed by atoms with van der Waals surface area (Å²) < 4.78 is 0. The van der Waals surface area contributed by atoms with Gasteiger partial charge in [-0.3, -0.25) is 0 Å². The van der Waals surface area contributed by atoms with Crippen molar-refractivity contribution in [3.8, 4) is 0 Å². The normalized spacial score (nSPS) is 30.3. The number of hydrogen-bond donors (Lipinski definition) is 0. The lowest BCUT2D eigenvalue weighted by Gasteiger charge is -2.49. The standard InChI is InChI=1S/C11H21/c1-9-7-6-8-10(2,3)11(9,4)5/h6-8H2,1-5H3. The van der Waals surface area contributed by atoms with Crippen LogP contribution in [0.1, 0.15) is 53.9 Å². The predicted molar refractivity (Wildman–Crippen MR) is 50.3 cm³/mol. The molecule has 65 valence electrons. The van der Waals surface area contributed by atoms with Crippen molar-refractivity contribution in [2.24, 2.45) is 10.8 Å². The molecule has 1 aliphatic rings. The van der Waals surface area contributed by atoms with Crippen LogP contribution in [0, 0.1) is 16.7 Å². The SMILES string of the molecule is C[C]1CCCC(C)(C)C1(C)C. The van der Waals surface area contributed by atoms with Crippen LogP contribution >= 0.6 is 0 Å². The molecule has 0 N–H and O–H groups in total. The highest BCUT2D eigenvalue weighted by Crippen LogP contribution is 2.53. The highest BCUT2D eigenvalue weighted by Gasteiger charge is 2.43. The van der Waals surface area contributed by atoms with E-state index in [0.717, 1.165) is 0 Å². The molecular weight excluding hydrogens is 132 g/mol. The van der Waals surface area contributed by atoms with Crippen LogP contribution in [0.25, 0.3) is 0 Å². The Labute approximate surface area is 71.4 Å². The molecule has 0 nitrogen and oxygen atoms in total. The van der Waals surface area contributed by atoms with Crippen LogP contribution in [-0.4, -0.2) is 0 Å². The summed E-state index contributed by atoms with van der Waals surface area (Å²) in [5, 5.41) is 0. The van der Waals surface area contributed by atoms with Crippen LogP contribution in [-0.2, 0) is 0 Å². The average molecular weight is 153 g/mol. The molecule has 0 heterocycles. The van der Waals surface area contributed by atoms with E-state index in [0.29, 0.717) is 10.8 Å². The fraction of sp³-hybridized carbons (Fsp3) is 0.909. The van der Waals surface area contributed by atoms with E-state index < -0.39 is 0 Å². The summed E-state index contributed by atoms with van der Waals surface area (Å²) in [6, 6.07) is 0. The summed E-state index contributed by atoms with van der Waals surface area (Å²) >= 11 is 0. The molecule has 0 amide bonds. The van der Waals surface area contributed by atoms with Gasteiger partial charge in [0.1, 0.15) is 0 Å². The zero-order valence-electron chi connectivity index (χ0n) is 8.62. The number of rotatable bonds is 0. The first kappa shape index (κ1) is 9.09. The molecule has 0 aromatic carbocycles. The van der Waals surface area contributed by atoms with Crippen LogP contribution < -0.4 is 0 Å². The van der Waals surface area contributed by atoms with Crippen molar-refractivity contribution >= 4 is 0 Å². The lowest BCUT2D eigenvalue weighted by Crippen LogP contribution is -2.40. The summed E-state index contributed by atoms with van der Waals surface area (Å²) in [5.41, 5.74) is 0.959. The van der Waals surface area contributed by atoms with E-state index in [-0.39, 0.29) is 0 Å². The van der Waals surface area contributed by atoms with Crippen LogP contribution in [0.2, 0.25) is 0 Å². The van der Waals surface area contributed by atoms with Gasteiger partial charge in [-0.2, -0.15) is 0 Å². The van der Waals surface area contributed by atoms with E-state index in [9.17, 15) is 0 Å². The molecule has 0 aromatic heterocycles. The van der Waals surface area contributed by atoms with Crippen molar-refractivity contribution in [2.75, 3.05) is 0 Å². The smallest absolute Gasteiger partial charge is 0.0210 e. The van der Waals surface area contributed by atoms with Crippen LogP contribution in [0.4, 0.5) is 0 Å². The molecule has 0 unspecified atom stereocenters.